The van der Waals surface area contributed by atoms with Gasteiger partial charge < -0.3 is 9.47 Å². The van der Waals surface area contributed by atoms with Crippen molar-refractivity contribution in [2.24, 2.45) is 0 Å². The number of benzene rings is 3. The number of hydrogen-bond donors (Lipinski definition) is 0. The Hall–Kier alpha value is -3.07. The van der Waals surface area contributed by atoms with Crippen molar-refractivity contribution in [2.75, 3.05) is 13.7 Å². The van der Waals surface area contributed by atoms with E-state index in [9.17, 15) is 4.79 Å². The van der Waals surface area contributed by atoms with Crippen LogP contribution in [0.2, 0.25) is 0 Å². The van der Waals surface area contributed by atoms with Gasteiger partial charge in [-0.25, -0.2) is 0 Å². The number of para-hydroxylation sites is 2. The molecule has 31 heavy (non-hydrogen) atoms. The first-order chi connectivity index (χ1) is 14.9. The van der Waals surface area contributed by atoms with E-state index >= 15 is 0 Å². The quantitative estimate of drug-likeness (QED) is 0.291. The minimum Gasteiger partial charge on any atom is -0.495 e. The molecule has 0 heterocycles. The maximum atomic E-state index is 13.8. The number of ketones is 1. The second-order valence-electron chi connectivity index (χ2n) is 8.72. The van der Waals surface area contributed by atoms with Crippen molar-refractivity contribution in [3.8, 4) is 22.6 Å². The van der Waals surface area contributed by atoms with E-state index in [2.05, 4.69) is 33.8 Å². The van der Waals surface area contributed by atoms with Gasteiger partial charge in [-0.3, -0.25) is 4.79 Å². The van der Waals surface area contributed by atoms with Crippen LogP contribution >= 0.6 is 0 Å². The summed E-state index contributed by atoms with van der Waals surface area (Å²) < 4.78 is 12.0. The Morgan fingerprint density at radius 2 is 1.48 bits per heavy atom. The summed E-state index contributed by atoms with van der Waals surface area (Å²) in [5, 5.41) is 0. The third-order valence-electron chi connectivity index (χ3n) is 5.36. The molecule has 0 aliphatic rings. The van der Waals surface area contributed by atoms with Crippen LogP contribution in [0.15, 0.2) is 66.7 Å². The Morgan fingerprint density at radius 3 is 2.10 bits per heavy atom. The second-order valence-corrected chi connectivity index (χ2v) is 8.72. The lowest BCUT2D eigenvalue weighted by Crippen LogP contribution is -2.17. The minimum absolute atomic E-state index is 0.0905. The van der Waals surface area contributed by atoms with Gasteiger partial charge in [0.25, 0.3) is 0 Å². The SMILES string of the molecule is CCCCOc1c(C(=O)c2cccc(-c3ccccc3)c2OC)cccc1C(C)(C)C. The van der Waals surface area contributed by atoms with Crippen LogP contribution in [0.5, 0.6) is 11.5 Å². The molecule has 0 radical (unpaired) electrons. The highest BCUT2D eigenvalue weighted by atomic mass is 16.5. The van der Waals surface area contributed by atoms with E-state index in [1.807, 2.05) is 60.7 Å². The van der Waals surface area contributed by atoms with E-state index in [0.29, 0.717) is 29.2 Å². The third-order valence-corrected chi connectivity index (χ3v) is 5.36. The van der Waals surface area contributed by atoms with Gasteiger partial charge in [-0.1, -0.05) is 88.7 Å². The summed E-state index contributed by atoms with van der Waals surface area (Å²) in [4.78, 5) is 13.8. The van der Waals surface area contributed by atoms with Gasteiger partial charge >= 0.3 is 0 Å². The first-order valence-corrected chi connectivity index (χ1v) is 10.9. The number of carbonyl (C=O) groups excluding carboxylic acids is 1. The fraction of sp³-hybridized carbons (Fsp3) is 0.321. The van der Waals surface area contributed by atoms with E-state index in [4.69, 9.17) is 9.47 Å². The fourth-order valence-corrected chi connectivity index (χ4v) is 3.71. The summed E-state index contributed by atoms with van der Waals surface area (Å²) in [5.41, 5.74) is 3.91. The first-order valence-electron chi connectivity index (χ1n) is 10.9. The summed E-state index contributed by atoms with van der Waals surface area (Å²) in [6.45, 7) is 9.13. The van der Waals surface area contributed by atoms with E-state index in [1.54, 1.807) is 7.11 Å². The lowest BCUT2D eigenvalue weighted by Gasteiger charge is -2.25. The molecule has 0 aliphatic heterocycles. The largest absolute Gasteiger partial charge is 0.495 e. The molecule has 3 nitrogen and oxygen atoms in total. The van der Waals surface area contributed by atoms with Crippen LogP contribution < -0.4 is 9.47 Å². The number of ether oxygens (including phenoxy) is 2. The summed E-state index contributed by atoms with van der Waals surface area (Å²) >= 11 is 0. The van der Waals surface area contributed by atoms with Gasteiger partial charge in [-0.15, -0.1) is 0 Å². The maximum absolute atomic E-state index is 13.8. The van der Waals surface area contributed by atoms with Crippen LogP contribution in [-0.2, 0) is 5.41 Å². The smallest absolute Gasteiger partial charge is 0.200 e. The molecule has 0 amide bonds. The minimum atomic E-state index is -0.145. The zero-order valence-corrected chi connectivity index (χ0v) is 19.2. The summed E-state index contributed by atoms with van der Waals surface area (Å²) in [6.07, 6.45) is 1.98. The standard InChI is InChI=1S/C28H32O3/c1-6-7-19-31-27-23(17-12-18-24(27)28(2,3)4)25(29)22-16-11-15-21(26(22)30-5)20-13-9-8-10-14-20/h8-18H,6-7,19H2,1-5H3. The average molecular weight is 417 g/mol. The Kier molecular flexibility index (Phi) is 7.17. The molecule has 0 unspecified atom stereocenters. The number of methoxy groups -OCH3 is 1. The number of hydrogen-bond acceptors (Lipinski definition) is 3. The Morgan fingerprint density at radius 1 is 0.839 bits per heavy atom. The monoisotopic (exact) mass is 416 g/mol. The van der Waals surface area contributed by atoms with Crippen LogP contribution in [0.3, 0.4) is 0 Å². The van der Waals surface area contributed by atoms with Crippen LogP contribution in [0.4, 0.5) is 0 Å². The van der Waals surface area contributed by atoms with Crippen molar-refractivity contribution in [3.63, 3.8) is 0 Å². The molecule has 0 saturated carbocycles. The molecule has 162 valence electrons. The van der Waals surface area contributed by atoms with E-state index < -0.39 is 0 Å². The van der Waals surface area contributed by atoms with E-state index in [1.165, 1.54) is 0 Å². The van der Waals surface area contributed by atoms with Gasteiger partial charge in [0.05, 0.1) is 24.8 Å². The van der Waals surface area contributed by atoms with Gasteiger partial charge in [-0.2, -0.15) is 0 Å². The summed E-state index contributed by atoms with van der Waals surface area (Å²) in [5.74, 6) is 1.17. The molecule has 0 fully saturated rings. The zero-order valence-electron chi connectivity index (χ0n) is 19.2. The summed E-state index contributed by atoms with van der Waals surface area (Å²) in [6, 6.07) is 21.5. The Bertz CT molecular complexity index is 1030. The van der Waals surface area contributed by atoms with Gasteiger partial charge in [0.2, 0.25) is 5.78 Å². The zero-order chi connectivity index (χ0) is 22.4. The molecule has 0 N–H and O–H groups in total. The van der Waals surface area contributed by atoms with Crippen LogP contribution in [0.25, 0.3) is 11.1 Å². The molecular weight excluding hydrogens is 384 g/mol. The second kappa shape index (κ2) is 9.82. The third kappa shape index (κ3) is 4.99. The lowest BCUT2D eigenvalue weighted by molar-refractivity contribution is 0.103. The molecule has 3 aromatic carbocycles. The number of rotatable bonds is 8. The molecular formula is C28H32O3. The number of carbonyl (C=O) groups is 1. The van der Waals surface area contributed by atoms with Crippen LogP contribution in [0.1, 0.15) is 62.0 Å². The predicted octanol–water partition coefficient (Wildman–Crippen LogP) is 7.07. The van der Waals surface area contributed by atoms with Crippen molar-refractivity contribution in [2.45, 2.75) is 46.0 Å². The summed E-state index contributed by atoms with van der Waals surface area (Å²) in [7, 11) is 1.61. The van der Waals surface area contributed by atoms with Crippen LogP contribution in [0, 0.1) is 0 Å². The first kappa shape index (κ1) is 22.6. The molecule has 0 bridgehead atoms. The molecule has 3 aromatic rings. The fourth-order valence-electron chi connectivity index (χ4n) is 3.71. The average Bonchev–Trinajstić information content (AvgIpc) is 2.78. The van der Waals surface area contributed by atoms with Crippen LogP contribution in [-0.4, -0.2) is 19.5 Å². The van der Waals surface area contributed by atoms with E-state index in [-0.39, 0.29) is 11.2 Å². The van der Waals surface area contributed by atoms with Crippen molar-refractivity contribution < 1.29 is 14.3 Å². The van der Waals surface area contributed by atoms with Gasteiger partial charge in [0, 0.05) is 11.1 Å². The Labute approximate surface area is 186 Å². The molecule has 3 heteroatoms. The molecule has 0 atom stereocenters. The highest BCUT2D eigenvalue weighted by molar-refractivity contribution is 6.13. The normalized spacial score (nSPS) is 11.3. The molecule has 0 aromatic heterocycles. The van der Waals surface area contributed by atoms with Crippen molar-refractivity contribution >= 4 is 5.78 Å². The highest BCUT2D eigenvalue weighted by Crippen LogP contribution is 2.38. The molecule has 0 saturated heterocycles. The number of unbranched alkanes of at least 4 members (excludes halogenated alkanes) is 1. The highest BCUT2D eigenvalue weighted by Gasteiger charge is 2.26. The van der Waals surface area contributed by atoms with Crippen molar-refractivity contribution in [3.05, 3.63) is 83.4 Å². The molecule has 0 spiro atoms. The topological polar surface area (TPSA) is 35.5 Å². The molecule has 0 aliphatic carbocycles. The van der Waals surface area contributed by atoms with Gasteiger partial charge in [-0.05, 0) is 29.5 Å². The molecule has 3 rings (SSSR count). The lowest BCUT2D eigenvalue weighted by atomic mass is 9.84. The Balaban J connectivity index is 2.13. The van der Waals surface area contributed by atoms with Gasteiger partial charge in [0.15, 0.2) is 0 Å². The predicted molar refractivity (Wildman–Crippen MR) is 127 cm³/mol. The van der Waals surface area contributed by atoms with E-state index in [0.717, 1.165) is 29.5 Å². The van der Waals surface area contributed by atoms with Crippen molar-refractivity contribution in [1.82, 2.24) is 0 Å². The maximum Gasteiger partial charge on any atom is 0.200 e. The van der Waals surface area contributed by atoms with Gasteiger partial charge in [0.1, 0.15) is 11.5 Å². The van der Waals surface area contributed by atoms with Crippen molar-refractivity contribution in [1.29, 1.82) is 0 Å².